The first kappa shape index (κ1) is 25.0. The molecular formula is C25H36N4O3. The molecule has 174 valence electrons. The zero-order chi connectivity index (χ0) is 23.5. The molecule has 0 spiro atoms. The molecule has 1 atom stereocenters. The second-order valence-electron chi connectivity index (χ2n) is 7.53. The maximum Gasteiger partial charge on any atom is 0.253 e. The Hall–Kier alpha value is -3.22. The summed E-state index contributed by atoms with van der Waals surface area (Å²) in [6, 6.07) is 13.6. The van der Waals surface area contributed by atoms with E-state index < -0.39 is 0 Å². The van der Waals surface area contributed by atoms with Crippen LogP contribution >= 0.6 is 0 Å². The number of ether oxygens (including phenoxy) is 2. The van der Waals surface area contributed by atoms with Gasteiger partial charge in [0.15, 0.2) is 17.5 Å². The summed E-state index contributed by atoms with van der Waals surface area (Å²) in [6.07, 6.45) is 0. The Morgan fingerprint density at radius 2 is 1.66 bits per heavy atom. The van der Waals surface area contributed by atoms with E-state index in [1.807, 2.05) is 63.2 Å². The number of benzene rings is 2. The third-order valence-electron chi connectivity index (χ3n) is 4.79. The molecule has 2 rings (SSSR count). The van der Waals surface area contributed by atoms with Crippen molar-refractivity contribution in [2.45, 2.75) is 40.3 Å². The predicted octanol–water partition coefficient (Wildman–Crippen LogP) is 4.00. The molecule has 1 unspecified atom stereocenters. The molecule has 32 heavy (non-hydrogen) atoms. The molecule has 0 fully saturated rings. The lowest BCUT2D eigenvalue weighted by Gasteiger charge is -2.20. The topological polar surface area (TPSA) is 75.2 Å². The Labute approximate surface area is 191 Å². The summed E-state index contributed by atoms with van der Waals surface area (Å²) in [5.74, 6) is 2.21. The number of carbonyl (C=O) groups excluding carboxylic acids is 1. The summed E-state index contributed by atoms with van der Waals surface area (Å²) >= 11 is 0. The molecule has 0 aliphatic rings. The van der Waals surface area contributed by atoms with Crippen LogP contribution in [0.3, 0.4) is 0 Å². The standard InChI is InChI=1S/C25H36N4O3/c1-7-26-25(27-17-19-10-12-20(13-11-19)24(30)29(5)6)28-18(4)21-14-15-22(31-8-2)23(16-21)32-9-3/h10-16,18H,7-9,17H2,1-6H3,(H2,26,27,28). The minimum Gasteiger partial charge on any atom is -0.490 e. The van der Waals surface area contributed by atoms with E-state index in [0.717, 1.165) is 35.1 Å². The van der Waals surface area contributed by atoms with Crippen LogP contribution in [0.1, 0.15) is 55.2 Å². The van der Waals surface area contributed by atoms with Crippen LogP contribution in [0.4, 0.5) is 0 Å². The molecular weight excluding hydrogens is 404 g/mol. The molecule has 0 heterocycles. The van der Waals surface area contributed by atoms with Gasteiger partial charge in [-0.25, -0.2) is 4.99 Å². The summed E-state index contributed by atoms with van der Waals surface area (Å²) in [6.45, 7) is 10.5. The van der Waals surface area contributed by atoms with E-state index >= 15 is 0 Å². The van der Waals surface area contributed by atoms with Crippen molar-refractivity contribution in [2.24, 2.45) is 4.99 Å². The van der Waals surface area contributed by atoms with Crippen LogP contribution in [0, 0.1) is 0 Å². The minimum atomic E-state index is -0.00865. The summed E-state index contributed by atoms with van der Waals surface area (Å²) in [5.41, 5.74) is 2.78. The number of hydrogen-bond acceptors (Lipinski definition) is 4. The van der Waals surface area contributed by atoms with Gasteiger partial charge in [-0.15, -0.1) is 0 Å². The number of hydrogen-bond donors (Lipinski definition) is 2. The van der Waals surface area contributed by atoms with Gasteiger partial charge in [-0.1, -0.05) is 18.2 Å². The Morgan fingerprint density at radius 1 is 1.00 bits per heavy atom. The quantitative estimate of drug-likeness (QED) is 0.431. The van der Waals surface area contributed by atoms with Crippen LogP contribution in [0.2, 0.25) is 0 Å². The molecule has 0 saturated heterocycles. The summed E-state index contributed by atoms with van der Waals surface area (Å²) in [7, 11) is 3.50. The van der Waals surface area contributed by atoms with Crippen molar-refractivity contribution < 1.29 is 14.3 Å². The van der Waals surface area contributed by atoms with E-state index in [2.05, 4.69) is 17.6 Å². The van der Waals surface area contributed by atoms with E-state index in [1.165, 1.54) is 0 Å². The van der Waals surface area contributed by atoms with E-state index in [1.54, 1.807) is 19.0 Å². The smallest absolute Gasteiger partial charge is 0.253 e. The number of carbonyl (C=O) groups is 1. The molecule has 2 aromatic rings. The van der Waals surface area contributed by atoms with Gasteiger partial charge >= 0.3 is 0 Å². The van der Waals surface area contributed by atoms with E-state index in [9.17, 15) is 4.79 Å². The second-order valence-corrected chi connectivity index (χ2v) is 7.53. The van der Waals surface area contributed by atoms with Crippen LogP contribution in [0.15, 0.2) is 47.5 Å². The highest BCUT2D eigenvalue weighted by atomic mass is 16.5. The highest BCUT2D eigenvalue weighted by molar-refractivity contribution is 5.93. The molecule has 0 saturated carbocycles. The van der Waals surface area contributed by atoms with Gasteiger partial charge in [0, 0.05) is 26.2 Å². The number of rotatable bonds is 10. The molecule has 2 aromatic carbocycles. The van der Waals surface area contributed by atoms with Gasteiger partial charge in [0.2, 0.25) is 0 Å². The Bertz CT molecular complexity index is 895. The number of nitrogens with zero attached hydrogens (tertiary/aromatic N) is 2. The predicted molar refractivity (Wildman–Crippen MR) is 130 cm³/mol. The molecule has 0 aliphatic carbocycles. The third-order valence-corrected chi connectivity index (χ3v) is 4.79. The molecule has 0 radical (unpaired) electrons. The Balaban J connectivity index is 2.11. The fraction of sp³-hybridized carbons (Fsp3) is 0.440. The van der Waals surface area contributed by atoms with Gasteiger partial charge in [-0.2, -0.15) is 0 Å². The first-order valence-electron chi connectivity index (χ1n) is 11.1. The minimum absolute atomic E-state index is 0.00865. The van der Waals surface area contributed by atoms with Crippen LogP contribution in [-0.4, -0.2) is 50.6 Å². The maximum atomic E-state index is 12.0. The second kappa shape index (κ2) is 12.6. The largest absolute Gasteiger partial charge is 0.490 e. The number of nitrogens with one attached hydrogen (secondary N) is 2. The van der Waals surface area contributed by atoms with Crippen molar-refractivity contribution in [3.05, 3.63) is 59.2 Å². The van der Waals surface area contributed by atoms with Crippen molar-refractivity contribution >= 4 is 11.9 Å². The highest BCUT2D eigenvalue weighted by Gasteiger charge is 2.13. The first-order chi connectivity index (χ1) is 15.4. The fourth-order valence-corrected chi connectivity index (χ4v) is 3.13. The zero-order valence-corrected chi connectivity index (χ0v) is 20.1. The van der Waals surface area contributed by atoms with Crippen LogP contribution in [-0.2, 0) is 6.54 Å². The normalized spacial score (nSPS) is 12.1. The van der Waals surface area contributed by atoms with Gasteiger partial charge in [0.1, 0.15) is 0 Å². The van der Waals surface area contributed by atoms with E-state index in [0.29, 0.717) is 25.3 Å². The molecule has 0 aliphatic heterocycles. The zero-order valence-electron chi connectivity index (χ0n) is 20.1. The van der Waals surface area contributed by atoms with Gasteiger partial charge < -0.3 is 25.0 Å². The van der Waals surface area contributed by atoms with Gasteiger partial charge in [0.25, 0.3) is 5.91 Å². The van der Waals surface area contributed by atoms with Crippen molar-refractivity contribution in [3.8, 4) is 11.5 Å². The van der Waals surface area contributed by atoms with Crippen molar-refractivity contribution in [1.82, 2.24) is 15.5 Å². The third kappa shape index (κ3) is 7.18. The molecule has 0 bridgehead atoms. The molecule has 1 amide bonds. The van der Waals surface area contributed by atoms with Crippen LogP contribution in [0.5, 0.6) is 11.5 Å². The van der Waals surface area contributed by atoms with E-state index in [4.69, 9.17) is 14.5 Å². The van der Waals surface area contributed by atoms with Crippen molar-refractivity contribution in [2.75, 3.05) is 33.9 Å². The first-order valence-corrected chi connectivity index (χ1v) is 11.1. The molecule has 2 N–H and O–H groups in total. The van der Waals surface area contributed by atoms with Crippen molar-refractivity contribution in [1.29, 1.82) is 0 Å². The Kier molecular flexibility index (Phi) is 9.85. The van der Waals surface area contributed by atoms with Gasteiger partial charge in [0.05, 0.1) is 25.8 Å². The summed E-state index contributed by atoms with van der Waals surface area (Å²) in [4.78, 5) is 18.3. The van der Waals surface area contributed by atoms with E-state index in [-0.39, 0.29) is 11.9 Å². The number of amides is 1. The number of guanidine groups is 1. The average molecular weight is 441 g/mol. The lowest BCUT2D eigenvalue weighted by Crippen LogP contribution is -2.38. The lowest BCUT2D eigenvalue weighted by atomic mass is 10.1. The van der Waals surface area contributed by atoms with Gasteiger partial charge in [-0.3, -0.25) is 4.79 Å². The molecule has 0 aromatic heterocycles. The van der Waals surface area contributed by atoms with Crippen molar-refractivity contribution in [3.63, 3.8) is 0 Å². The average Bonchev–Trinajstić information content (AvgIpc) is 2.78. The lowest BCUT2D eigenvalue weighted by molar-refractivity contribution is 0.0827. The fourth-order valence-electron chi connectivity index (χ4n) is 3.13. The monoisotopic (exact) mass is 440 g/mol. The molecule has 7 nitrogen and oxygen atoms in total. The summed E-state index contributed by atoms with van der Waals surface area (Å²) in [5, 5.41) is 6.74. The summed E-state index contributed by atoms with van der Waals surface area (Å²) < 4.78 is 11.4. The number of aliphatic imine (C=N–C) groups is 1. The highest BCUT2D eigenvalue weighted by Crippen LogP contribution is 2.30. The Morgan fingerprint density at radius 3 is 2.25 bits per heavy atom. The molecule has 7 heteroatoms. The maximum absolute atomic E-state index is 12.0. The van der Waals surface area contributed by atoms with Crippen LogP contribution < -0.4 is 20.1 Å². The van der Waals surface area contributed by atoms with Crippen LogP contribution in [0.25, 0.3) is 0 Å². The SMILES string of the molecule is CCNC(=NCc1ccc(C(=O)N(C)C)cc1)NC(C)c1ccc(OCC)c(OCC)c1. The van der Waals surface area contributed by atoms with Gasteiger partial charge in [-0.05, 0) is 63.1 Å².